The number of aliphatic hydroxyl groups excluding tert-OH is 1. The molecule has 1 aliphatic rings. The van der Waals surface area contributed by atoms with E-state index in [0.29, 0.717) is 0 Å². The summed E-state index contributed by atoms with van der Waals surface area (Å²) >= 11 is 0. The van der Waals surface area contributed by atoms with Crippen LogP contribution >= 0.6 is 0 Å². The molecule has 4 heteroatoms. The fraction of sp³-hybridized carbons (Fsp3) is 0.350. The number of hydrogen-bond donors (Lipinski definition) is 2. The number of nitrogens with one attached hydrogen (secondary N) is 1. The van der Waals surface area contributed by atoms with E-state index < -0.39 is 0 Å². The molecule has 0 aliphatic carbocycles. The fourth-order valence-corrected chi connectivity index (χ4v) is 3.73. The predicted octanol–water partition coefficient (Wildman–Crippen LogP) is 2.64. The second kappa shape index (κ2) is 6.75. The lowest BCUT2D eigenvalue weighted by Crippen LogP contribution is -2.24. The molecule has 0 bridgehead atoms. The Morgan fingerprint density at radius 3 is 2.88 bits per heavy atom. The van der Waals surface area contributed by atoms with Crippen molar-refractivity contribution in [2.75, 3.05) is 19.6 Å². The lowest BCUT2D eigenvalue weighted by atomic mass is 10.00. The summed E-state index contributed by atoms with van der Waals surface area (Å²) in [6.07, 6.45) is 5.54. The number of H-pyrrole nitrogens is 1. The number of likely N-dealkylation sites (tertiary alicyclic amines) is 1. The maximum absolute atomic E-state index is 10.4. The molecule has 1 aromatic carbocycles. The van der Waals surface area contributed by atoms with Gasteiger partial charge in [0.05, 0.1) is 6.10 Å². The van der Waals surface area contributed by atoms with Crippen LogP contribution in [-0.4, -0.2) is 45.7 Å². The predicted molar refractivity (Wildman–Crippen MR) is 95.9 cm³/mol. The number of pyridine rings is 1. The van der Waals surface area contributed by atoms with Crippen LogP contribution in [0.15, 0.2) is 54.9 Å². The molecule has 3 heterocycles. The van der Waals surface area contributed by atoms with E-state index in [9.17, 15) is 5.11 Å². The number of β-amino-alcohol motifs (C(OH)–C–C–N with tert-alkyl or cyclic N) is 1. The Labute approximate surface area is 142 Å². The third-order valence-electron chi connectivity index (χ3n) is 5.05. The summed E-state index contributed by atoms with van der Waals surface area (Å²) in [5.41, 5.74) is 3.62. The van der Waals surface area contributed by atoms with E-state index >= 15 is 0 Å². The lowest BCUT2D eigenvalue weighted by molar-refractivity contribution is 0.141. The Balaban J connectivity index is 1.36. The highest BCUT2D eigenvalue weighted by molar-refractivity contribution is 5.83. The smallest absolute Gasteiger partial charge is 0.0711 e. The summed E-state index contributed by atoms with van der Waals surface area (Å²) in [5.74, 6) is 0.280. The summed E-state index contributed by atoms with van der Waals surface area (Å²) in [5, 5.41) is 11.7. The van der Waals surface area contributed by atoms with Crippen molar-refractivity contribution < 1.29 is 5.11 Å². The Hall–Kier alpha value is -2.17. The molecule has 1 saturated heterocycles. The van der Waals surface area contributed by atoms with Gasteiger partial charge < -0.3 is 15.0 Å². The van der Waals surface area contributed by atoms with Crippen molar-refractivity contribution in [1.29, 1.82) is 0 Å². The van der Waals surface area contributed by atoms with Crippen LogP contribution < -0.4 is 0 Å². The molecule has 2 aromatic heterocycles. The zero-order chi connectivity index (χ0) is 16.4. The molecule has 0 amide bonds. The van der Waals surface area contributed by atoms with Crippen molar-refractivity contribution in [3.8, 4) is 0 Å². The van der Waals surface area contributed by atoms with E-state index in [1.807, 2.05) is 24.4 Å². The average molecular weight is 321 g/mol. The first-order valence-electron chi connectivity index (χ1n) is 8.65. The average Bonchev–Trinajstić information content (AvgIpc) is 3.18. The summed E-state index contributed by atoms with van der Waals surface area (Å²) in [6, 6.07) is 14.4. The molecule has 2 atom stereocenters. The van der Waals surface area contributed by atoms with Crippen molar-refractivity contribution in [3.05, 3.63) is 66.1 Å². The molecule has 1 fully saturated rings. The Morgan fingerprint density at radius 1 is 1.12 bits per heavy atom. The molecule has 124 valence electrons. The summed E-state index contributed by atoms with van der Waals surface area (Å²) in [4.78, 5) is 10.1. The maximum Gasteiger partial charge on any atom is 0.0711 e. The molecular weight excluding hydrogens is 298 g/mol. The lowest BCUT2D eigenvalue weighted by Gasteiger charge is -2.15. The number of aromatic nitrogens is 2. The maximum atomic E-state index is 10.4. The number of aromatic amines is 1. The highest BCUT2D eigenvalue weighted by atomic mass is 16.3. The summed E-state index contributed by atoms with van der Waals surface area (Å²) in [7, 11) is 0. The molecular formula is C20H23N3O. The van der Waals surface area contributed by atoms with Gasteiger partial charge in [0.15, 0.2) is 0 Å². The van der Waals surface area contributed by atoms with Crippen molar-refractivity contribution in [3.63, 3.8) is 0 Å². The van der Waals surface area contributed by atoms with Crippen molar-refractivity contribution >= 4 is 10.9 Å². The van der Waals surface area contributed by atoms with Crippen LogP contribution in [-0.2, 0) is 12.8 Å². The topological polar surface area (TPSA) is 52.1 Å². The van der Waals surface area contributed by atoms with Gasteiger partial charge in [-0.25, -0.2) is 0 Å². The molecule has 24 heavy (non-hydrogen) atoms. The van der Waals surface area contributed by atoms with Crippen LogP contribution in [0.25, 0.3) is 10.9 Å². The molecule has 4 rings (SSSR count). The standard InChI is InChI=1S/C20H23N3O/c24-20-14-23(13-16(20)11-17-5-3-4-9-21-17)10-8-15-12-22-19-7-2-1-6-18(15)19/h1-7,9,12,16,20,22,24H,8,10-11,13-14H2/t16-,20-/m1/s1. The van der Waals surface area contributed by atoms with Crippen LogP contribution in [0.4, 0.5) is 0 Å². The number of benzene rings is 1. The number of rotatable bonds is 5. The normalized spacial score (nSPS) is 21.5. The Bertz CT molecular complexity index is 799. The second-order valence-electron chi connectivity index (χ2n) is 6.72. The number of para-hydroxylation sites is 1. The van der Waals surface area contributed by atoms with Crippen molar-refractivity contribution in [2.45, 2.75) is 18.9 Å². The zero-order valence-corrected chi connectivity index (χ0v) is 13.7. The Kier molecular flexibility index (Phi) is 4.32. The second-order valence-corrected chi connectivity index (χ2v) is 6.72. The molecule has 0 unspecified atom stereocenters. The van der Waals surface area contributed by atoms with Gasteiger partial charge in [0.1, 0.15) is 0 Å². The van der Waals surface area contributed by atoms with Crippen molar-refractivity contribution in [2.24, 2.45) is 5.92 Å². The van der Waals surface area contributed by atoms with Gasteiger partial charge in [-0.05, 0) is 36.6 Å². The number of fused-ring (bicyclic) bond motifs is 1. The Morgan fingerprint density at radius 2 is 2.00 bits per heavy atom. The molecule has 2 N–H and O–H groups in total. The van der Waals surface area contributed by atoms with Crippen LogP contribution in [0.1, 0.15) is 11.3 Å². The van der Waals surface area contributed by atoms with E-state index in [4.69, 9.17) is 0 Å². The summed E-state index contributed by atoms with van der Waals surface area (Å²) < 4.78 is 0. The highest BCUT2D eigenvalue weighted by Gasteiger charge is 2.31. The van der Waals surface area contributed by atoms with Crippen LogP contribution in [0, 0.1) is 5.92 Å². The first-order chi connectivity index (χ1) is 11.8. The third kappa shape index (κ3) is 3.21. The van der Waals surface area contributed by atoms with Gasteiger partial charge in [-0.3, -0.25) is 4.98 Å². The van der Waals surface area contributed by atoms with Crippen LogP contribution in [0.5, 0.6) is 0 Å². The molecule has 3 aromatic rings. The molecule has 0 spiro atoms. The third-order valence-corrected chi connectivity index (χ3v) is 5.05. The number of hydrogen-bond acceptors (Lipinski definition) is 3. The minimum Gasteiger partial charge on any atom is -0.391 e. The van der Waals surface area contributed by atoms with E-state index in [0.717, 1.165) is 38.2 Å². The SMILES string of the molecule is O[C@@H]1CN(CCc2c[nH]c3ccccc23)C[C@H]1Cc1ccccn1. The van der Waals surface area contributed by atoms with Gasteiger partial charge in [0, 0.05) is 54.5 Å². The zero-order valence-electron chi connectivity index (χ0n) is 13.7. The van der Waals surface area contributed by atoms with E-state index in [2.05, 4.69) is 45.3 Å². The monoisotopic (exact) mass is 321 g/mol. The molecule has 0 saturated carbocycles. The summed E-state index contributed by atoms with van der Waals surface area (Å²) in [6.45, 7) is 2.69. The van der Waals surface area contributed by atoms with Gasteiger partial charge in [-0.15, -0.1) is 0 Å². The first kappa shape index (κ1) is 15.4. The first-order valence-corrected chi connectivity index (χ1v) is 8.65. The highest BCUT2D eigenvalue weighted by Crippen LogP contribution is 2.23. The van der Waals surface area contributed by atoms with E-state index in [-0.39, 0.29) is 12.0 Å². The van der Waals surface area contributed by atoms with Crippen molar-refractivity contribution in [1.82, 2.24) is 14.9 Å². The van der Waals surface area contributed by atoms with Gasteiger partial charge in [0.25, 0.3) is 0 Å². The van der Waals surface area contributed by atoms with Gasteiger partial charge in [-0.1, -0.05) is 24.3 Å². The molecule has 0 radical (unpaired) electrons. The van der Waals surface area contributed by atoms with E-state index in [1.54, 1.807) is 0 Å². The molecule has 1 aliphatic heterocycles. The number of aliphatic hydroxyl groups is 1. The quantitative estimate of drug-likeness (QED) is 0.759. The fourth-order valence-electron chi connectivity index (χ4n) is 3.73. The van der Waals surface area contributed by atoms with Crippen LogP contribution in [0.3, 0.4) is 0 Å². The van der Waals surface area contributed by atoms with Gasteiger partial charge in [0.2, 0.25) is 0 Å². The van der Waals surface area contributed by atoms with Crippen LogP contribution in [0.2, 0.25) is 0 Å². The minimum absolute atomic E-state index is 0.255. The van der Waals surface area contributed by atoms with Gasteiger partial charge in [-0.2, -0.15) is 0 Å². The number of nitrogens with zero attached hydrogens (tertiary/aromatic N) is 2. The molecule has 4 nitrogen and oxygen atoms in total. The van der Waals surface area contributed by atoms with Gasteiger partial charge >= 0.3 is 0 Å². The minimum atomic E-state index is -0.255. The largest absolute Gasteiger partial charge is 0.391 e. The van der Waals surface area contributed by atoms with E-state index in [1.165, 1.54) is 16.5 Å².